The second kappa shape index (κ2) is 5.90. The quantitative estimate of drug-likeness (QED) is 0.733. The van der Waals surface area contributed by atoms with Gasteiger partial charge in [0, 0.05) is 23.6 Å². The lowest BCUT2D eigenvalue weighted by Gasteiger charge is -2.38. The molecule has 0 radical (unpaired) electrons. The van der Waals surface area contributed by atoms with Crippen molar-refractivity contribution in [1.82, 2.24) is 0 Å². The molecule has 2 rings (SSSR count). The number of anilines is 1. The Morgan fingerprint density at radius 2 is 2.18 bits per heavy atom. The minimum absolute atomic E-state index is 0.747. The van der Waals surface area contributed by atoms with Crippen LogP contribution >= 0.6 is 15.9 Å². The fraction of sp³-hybridized carbons (Fsp3) is 0.600. The predicted molar refractivity (Wildman–Crippen MR) is 79.1 cm³/mol. The lowest BCUT2D eigenvalue weighted by atomic mass is 9.97. The Bertz CT molecular complexity index is 375. The van der Waals surface area contributed by atoms with Crippen LogP contribution in [0, 0.1) is 6.92 Å². The lowest BCUT2D eigenvalue weighted by Crippen LogP contribution is -2.39. The summed E-state index contributed by atoms with van der Waals surface area (Å²) in [4.78, 5) is 2.62. The van der Waals surface area contributed by atoms with Gasteiger partial charge in [0.05, 0.1) is 0 Å². The third-order valence-electron chi connectivity index (χ3n) is 3.82. The molecule has 0 bridgehead atoms. The van der Waals surface area contributed by atoms with E-state index >= 15 is 0 Å². The van der Waals surface area contributed by atoms with Gasteiger partial charge in [-0.2, -0.15) is 0 Å². The van der Waals surface area contributed by atoms with Gasteiger partial charge in [-0.05, 0) is 49.8 Å². The Morgan fingerprint density at radius 3 is 2.82 bits per heavy atom. The van der Waals surface area contributed by atoms with Crippen molar-refractivity contribution in [3.8, 4) is 0 Å². The van der Waals surface area contributed by atoms with Crippen LogP contribution in [0.2, 0.25) is 0 Å². The van der Waals surface area contributed by atoms with Gasteiger partial charge in [-0.15, -0.1) is 0 Å². The first kappa shape index (κ1) is 12.9. The molecule has 2 heteroatoms. The number of rotatable bonds is 3. The zero-order valence-electron chi connectivity index (χ0n) is 10.9. The van der Waals surface area contributed by atoms with Gasteiger partial charge in [-0.3, -0.25) is 0 Å². The SMILES string of the molecule is CCC1CCCCN1c1ccc(CBr)cc1C. The summed E-state index contributed by atoms with van der Waals surface area (Å²) in [5.41, 5.74) is 4.24. The topological polar surface area (TPSA) is 3.24 Å². The summed E-state index contributed by atoms with van der Waals surface area (Å²) in [7, 11) is 0. The standard InChI is InChI=1S/C15H22BrN/c1-3-14-6-4-5-9-17(14)15-8-7-13(11-16)10-12(15)2/h7-8,10,14H,3-6,9,11H2,1-2H3. The van der Waals surface area contributed by atoms with Crippen LogP contribution in [0.15, 0.2) is 18.2 Å². The van der Waals surface area contributed by atoms with Gasteiger partial charge in [0.15, 0.2) is 0 Å². The Hall–Kier alpha value is -0.500. The van der Waals surface area contributed by atoms with Crippen molar-refractivity contribution in [2.45, 2.75) is 50.9 Å². The molecule has 94 valence electrons. The van der Waals surface area contributed by atoms with Crippen molar-refractivity contribution in [3.63, 3.8) is 0 Å². The van der Waals surface area contributed by atoms with Gasteiger partial charge < -0.3 is 4.90 Å². The molecule has 0 aliphatic carbocycles. The maximum atomic E-state index is 3.52. The zero-order valence-corrected chi connectivity index (χ0v) is 12.5. The molecule has 0 spiro atoms. The van der Waals surface area contributed by atoms with Crippen LogP contribution in [-0.2, 0) is 5.33 Å². The number of hydrogen-bond acceptors (Lipinski definition) is 1. The van der Waals surface area contributed by atoms with E-state index in [1.54, 1.807) is 0 Å². The highest BCUT2D eigenvalue weighted by Gasteiger charge is 2.21. The first-order valence-corrected chi connectivity index (χ1v) is 7.80. The minimum atomic E-state index is 0.747. The molecule has 1 saturated heterocycles. The number of hydrogen-bond donors (Lipinski definition) is 0. The van der Waals surface area contributed by atoms with Gasteiger partial charge in [0.2, 0.25) is 0 Å². The summed E-state index contributed by atoms with van der Waals surface area (Å²) in [6.45, 7) is 5.78. The van der Waals surface area contributed by atoms with Gasteiger partial charge >= 0.3 is 0 Å². The van der Waals surface area contributed by atoms with Crippen molar-refractivity contribution in [1.29, 1.82) is 0 Å². The molecule has 0 saturated carbocycles. The summed E-state index contributed by atoms with van der Waals surface area (Å²) in [6, 6.07) is 7.61. The summed E-state index contributed by atoms with van der Waals surface area (Å²) in [5.74, 6) is 0. The van der Waals surface area contributed by atoms with E-state index in [2.05, 4.69) is 52.9 Å². The number of aryl methyl sites for hydroxylation is 1. The molecule has 1 unspecified atom stereocenters. The second-order valence-corrected chi connectivity index (χ2v) is 5.57. The van der Waals surface area contributed by atoms with Gasteiger partial charge in [-0.1, -0.05) is 35.0 Å². The molecule has 0 aromatic heterocycles. The summed E-state index contributed by atoms with van der Waals surface area (Å²) < 4.78 is 0. The molecule has 1 aromatic rings. The highest BCUT2D eigenvalue weighted by Crippen LogP contribution is 2.29. The molecule has 1 fully saturated rings. The Kier molecular flexibility index (Phi) is 4.49. The van der Waals surface area contributed by atoms with Crippen LogP contribution in [0.1, 0.15) is 43.7 Å². The van der Waals surface area contributed by atoms with Crippen molar-refractivity contribution < 1.29 is 0 Å². The van der Waals surface area contributed by atoms with Gasteiger partial charge in [0.1, 0.15) is 0 Å². The van der Waals surface area contributed by atoms with Crippen molar-refractivity contribution in [2.75, 3.05) is 11.4 Å². The van der Waals surface area contributed by atoms with Crippen LogP contribution in [0.25, 0.3) is 0 Å². The number of nitrogens with zero attached hydrogens (tertiary/aromatic N) is 1. The smallest absolute Gasteiger partial charge is 0.0398 e. The predicted octanol–water partition coefficient (Wildman–Crippen LogP) is 4.66. The van der Waals surface area contributed by atoms with Crippen molar-refractivity contribution in [3.05, 3.63) is 29.3 Å². The van der Waals surface area contributed by atoms with Gasteiger partial charge in [0.25, 0.3) is 0 Å². The molecule has 1 aromatic carbocycles. The molecule has 1 heterocycles. The van der Waals surface area contributed by atoms with E-state index in [0.29, 0.717) is 0 Å². The summed E-state index contributed by atoms with van der Waals surface area (Å²) in [6.07, 6.45) is 5.36. The van der Waals surface area contributed by atoms with Crippen LogP contribution in [0.5, 0.6) is 0 Å². The van der Waals surface area contributed by atoms with E-state index in [1.165, 1.54) is 49.0 Å². The molecule has 1 atom stereocenters. The van der Waals surface area contributed by atoms with Crippen molar-refractivity contribution >= 4 is 21.6 Å². The molecular formula is C15H22BrN. The first-order chi connectivity index (χ1) is 8.26. The normalized spacial score (nSPS) is 20.6. The highest BCUT2D eigenvalue weighted by molar-refractivity contribution is 9.08. The van der Waals surface area contributed by atoms with Crippen LogP contribution < -0.4 is 4.90 Å². The third-order valence-corrected chi connectivity index (χ3v) is 4.47. The van der Waals surface area contributed by atoms with Crippen LogP contribution in [0.4, 0.5) is 5.69 Å². The van der Waals surface area contributed by atoms with E-state index in [0.717, 1.165) is 11.4 Å². The molecule has 0 N–H and O–H groups in total. The fourth-order valence-electron chi connectivity index (χ4n) is 2.87. The second-order valence-electron chi connectivity index (χ2n) is 5.01. The van der Waals surface area contributed by atoms with Crippen molar-refractivity contribution in [2.24, 2.45) is 0 Å². The number of benzene rings is 1. The number of piperidine rings is 1. The zero-order chi connectivity index (χ0) is 12.3. The van der Waals surface area contributed by atoms with E-state index in [4.69, 9.17) is 0 Å². The third kappa shape index (κ3) is 2.85. The molecular weight excluding hydrogens is 274 g/mol. The largest absolute Gasteiger partial charge is 0.368 e. The van der Waals surface area contributed by atoms with Crippen LogP contribution in [-0.4, -0.2) is 12.6 Å². The van der Waals surface area contributed by atoms with Gasteiger partial charge in [-0.25, -0.2) is 0 Å². The molecule has 17 heavy (non-hydrogen) atoms. The fourth-order valence-corrected chi connectivity index (χ4v) is 3.21. The molecule has 1 aliphatic rings. The summed E-state index contributed by atoms with van der Waals surface area (Å²) in [5, 5.41) is 0.950. The molecule has 0 amide bonds. The average Bonchev–Trinajstić information content (AvgIpc) is 2.38. The minimum Gasteiger partial charge on any atom is -0.368 e. The lowest BCUT2D eigenvalue weighted by molar-refractivity contribution is 0.449. The highest BCUT2D eigenvalue weighted by atomic mass is 79.9. The van der Waals surface area contributed by atoms with Crippen LogP contribution in [0.3, 0.4) is 0 Å². The number of halogens is 1. The Labute approximate surface area is 113 Å². The number of alkyl halides is 1. The maximum Gasteiger partial charge on any atom is 0.0398 e. The Morgan fingerprint density at radius 1 is 1.35 bits per heavy atom. The van der Waals surface area contributed by atoms with E-state index in [-0.39, 0.29) is 0 Å². The van der Waals surface area contributed by atoms with E-state index in [1.807, 2.05) is 0 Å². The molecule has 1 aliphatic heterocycles. The van der Waals surface area contributed by atoms with E-state index in [9.17, 15) is 0 Å². The Balaban J connectivity index is 2.25. The first-order valence-electron chi connectivity index (χ1n) is 6.68. The summed E-state index contributed by atoms with van der Waals surface area (Å²) >= 11 is 3.52. The van der Waals surface area contributed by atoms with E-state index < -0.39 is 0 Å². The average molecular weight is 296 g/mol. The monoisotopic (exact) mass is 295 g/mol. The molecule has 1 nitrogen and oxygen atoms in total. The maximum absolute atomic E-state index is 3.52.